The van der Waals surface area contributed by atoms with Crippen molar-refractivity contribution in [3.8, 4) is 0 Å². The predicted octanol–water partition coefficient (Wildman–Crippen LogP) is 1.51. The van der Waals surface area contributed by atoms with Crippen LogP contribution in [0, 0.1) is 0 Å². The fourth-order valence-corrected chi connectivity index (χ4v) is 1.34. The first-order chi connectivity index (χ1) is 4.64. The summed E-state index contributed by atoms with van der Waals surface area (Å²) in [7, 11) is 0. The van der Waals surface area contributed by atoms with E-state index in [1.165, 1.54) is 0 Å². The van der Waals surface area contributed by atoms with Crippen molar-refractivity contribution in [1.82, 2.24) is 5.32 Å². The third-order valence-electron chi connectivity index (χ3n) is 1.93. The van der Waals surface area contributed by atoms with Crippen LogP contribution in [0.3, 0.4) is 0 Å². The van der Waals surface area contributed by atoms with E-state index in [0.29, 0.717) is 6.10 Å². The highest BCUT2D eigenvalue weighted by molar-refractivity contribution is 4.75. The highest BCUT2D eigenvalue weighted by atomic mass is 16.5. The van der Waals surface area contributed by atoms with Gasteiger partial charge in [-0.25, -0.2) is 0 Å². The normalized spacial score (nSPS) is 32.1. The zero-order valence-electron chi connectivity index (χ0n) is 7.11. The minimum absolute atomic E-state index is 0.0983. The number of hydrogen-bond acceptors (Lipinski definition) is 2. The zero-order valence-corrected chi connectivity index (χ0v) is 7.11. The molecule has 0 aromatic rings. The van der Waals surface area contributed by atoms with Crippen LogP contribution in [-0.2, 0) is 4.74 Å². The van der Waals surface area contributed by atoms with Crippen LogP contribution < -0.4 is 5.32 Å². The highest BCUT2D eigenvalue weighted by Gasteiger charge is 2.26. The Kier molecular flexibility index (Phi) is 2.32. The number of nitrogens with one attached hydrogen (secondary N) is 1. The highest BCUT2D eigenvalue weighted by Crippen LogP contribution is 2.17. The van der Waals surface area contributed by atoms with Crippen molar-refractivity contribution in [3.05, 3.63) is 0 Å². The molecule has 1 fully saturated rings. The summed E-state index contributed by atoms with van der Waals surface area (Å²) in [5, 5.41) is 3.30. The average molecular weight is 143 g/mol. The van der Waals surface area contributed by atoms with Crippen molar-refractivity contribution < 1.29 is 4.74 Å². The SMILES string of the molecule is CCC1CCNC(C)(C)O1. The van der Waals surface area contributed by atoms with Crippen LogP contribution in [0.5, 0.6) is 0 Å². The Bertz CT molecular complexity index is 112. The summed E-state index contributed by atoms with van der Waals surface area (Å²) in [5.74, 6) is 0. The summed E-state index contributed by atoms with van der Waals surface area (Å²) in [6.07, 6.45) is 2.75. The first-order valence-corrected chi connectivity index (χ1v) is 4.07. The molecule has 1 unspecified atom stereocenters. The average Bonchev–Trinajstić information content (AvgIpc) is 1.86. The predicted molar refractivity (Wildman–Crippen MR) is 41.9 cm³/mol. The van der Waals surface area contributed by atoms with Crippen molar-refractivity contribution in [2.24, 2.45) is 0 Å². The minimum Gasteiger partial charge on any atom is -0.358 e. The molecule has 1 atom stereocenters. The van der Waals surface area contributed by atoms with Gasteiger partial charge in [0, 0.05) is 6.54 Å². The Labute approximate surface area is 63.0 Å². The van der Waals surface area contributed by atoms with Gasteiger partial charge in [-0.05, 0) is 26.7 Å². The van der Waals surface area contributed by atoms with E-state index in [4.69, 9.17) is 4.74 Å². The summed E-state index contributed by atoms with van der Waals surface area (Å²) in [6, 6.07) is 0. The molecule has 1 aliphatic heterocycles. The van der Waals surface area contributed by atoms with Gasteiger partial charge in [0.2, 0.25) is 0 Å². The number of ether oxygens (including phenoxy) is 1. The third kappa shape index (κ3) is 1.96. The molecule has 2 nitrogen and oxygen atoms in total. The van der Waals surface area contributed by atoms with Gasteiger partial charge in [0.1, 0.15) is 5.72 Å². The molecule has 0 saturated carbocycles. The van der Waals surface area contributed by atoms with E-state index < -0.39 is 0 Å². The van der Waals surface area contributed by atoms with Gasteiger partial charge in [-0.1, -0.05) is 6.92 Å². The molecule has 10 heavy (non-hydrogen) atoms. The zero-order chi connectivity index (χ0) is 7.61. The van der Waals surface area contributed by atoms with Crippen molar-refractivity contribution in [2.75, 3.05) is 6.54 Å². The molecule has 0 aliphatic carbocycles. The monoisotopic (exact) mass is 143 g/mol. The van der Waals surface area contributed by atoms with Gasteiger partial charge in [0.15, 0.2) is 0 Å². The summed E-state index contributed by atoms with van der Waals surface area (Å²) in [4.78, 5) is 0. The smallest absolute Gasteiger partial charge is 0.113 e. The molecule has 1 rings (SSSR count). The van der Waals surface area contributed by atoms with E-state index in [1.807, 2.05) is 0 Å². The molecular formula is C8H17NO. The summed E-state index contributed by atoms with van der Waals surface area (Å²) in [5.41, 5.74) is -0.0983. The molecule has 0 spiro atoms. The number of rotatable bonds is 1. The van der Waals surface area contributed by atoms with Gasteiger partial charge >= 0.3 is 0 Å². The Morgan fingerprint density at radius 2 is 2.30 bits per heavy atom. The molecule has 0 aromatic heterocycles. The van der Waals surface area contributed by atoms with Crippen molar-refractivity contribution in [3.63, 3.8) is 0 Å². The molecular weight excluding hydrogens is 126 g/mol. The maximum atomic E-state index is 5.71. The molecule has 0 amide bonds. The molecule has 0 radical (unpaired) electrons. The quantitative estimate of drug-likeness (QED) is 0.600. The Balaban J connectivity index is 2.40. The molecule has 0 aromatic carbocycles. The molecule has 2 heteroatoms. The lowest BCUT2D eigenvalue weighted by atomic mass is 10.1. The van der Waals surface area contributed by atoms with Crippen LogP contribution in [-0.4, -0.2) is 18.4 Å². The summed E-state index contributed by atoms with van der Waals surface area (Å²) < 4.78 is 5.71. The van der Waals surface area contributed by atoms with Gasteiger partial charge < -0.3 is 4.74 Å². The van der Waals surface area contributed by atoms with Gasteiger partial charge in [0.05, 0.1) is 6.10 Å². The van der Waals surface area contributed by atoms with Gasteiger partial charge in [0.25, 0.3) is 0 Å². The van der Waals surface area contributed by atoms with E-state index in [1.54, 1.807) is 0 Å². The molecule has 1 N–H and O–H groups in total. The van der Waals surface area contributed by atoms with Gasteiger partial charge in [-0.3, -0.25) is 5.32 Å². The van der Waals surface area contributed by atoms with Crippen LogP contribution in [0.15, 0.2) is 0 Å². The van der Waals surface area contributed by atoms with Gasteiger partial charge in [-0.2, -0.15) is 0 Å². The first kappa shape index (κ1) is 8.02. The molecule has 1 heterocycles. The van der Waals surface area contributed by atoms with E-state index in [2.05, 4.69) is 26.1 Å². The van der Waals surface area contributed by atoms with E-state index in [9.17, 15) is 0 Å². The van der Waals surface area contributed by atoms with Crippen LogP contribution in [0.4, 0.5) is 0 Å². The Morgan fingerprint density at radius 3 is 2.70 bits per heavy atom. The second-order valence-corrected chi connectivity index (χ2v) is 3.37. The summed E-state index contributed by atoms with van der Waals surface area (Å²) >= 11 is 0. The van der Waals surface area contributed by atoms with Crippen molar-refractivity contribution in [2.45, 2.75) is 45.4 Å². The lowest BCUT2D eigenvalue weighted by Crippen LogP contribution is -2.50. The molecule has 0 bridgehead atoms. The van der Waals surface area contributed by atoms with E-state index in [0.717, 1.165) is 19.4 Å². The lowest BCUT2D eigenvalue weighted by Gasteiger charge is -2.36. The third-order valence-corrected chi connectivity index (χ3v) is 1.93. The van der Waals surface area contributed by atoms with Crippen molar-refractivity contribution >= 4 is 0 Å². The first-order valence-electron chi connectivity index (χ1n) is 4.07. The summed E-state index contributed by atoms with van der Waals surface area (Å²) in [6.45, 7) is 7.42. The second kappa shape index (κ2) is 2.89. The van der Waals surface area contributed by atoms with Crippen LogP contribution in [0.1, 0.15) is 33.6 Å². The standard InChI is InChI=1S/C8H17NO/c1-4-7-5-6-9-8(2,3)10-7/h7,9H,4-6H2,1-3H3. The van der Waals surface area contributed by atoms with Crippen LogP contribution in [0.2, 0.25) is 0 Å². The largest absolute Gasteiger partial charge is 0.358 e. The second-order valence-electron chi connectivity index (χ2n) is 3.37. The molecule has 1 aliphatic rings. The van der Waals surface area contributed by atoms with Gasteiger partial charge in [-0.15, -0.1) is 0 Å². The van der Waals surface area contributed by atoms with E-state index >= 15 is 0 Å². The minimum atomic E-state index is -0.0983. The maximum Gasteiger partial charge on any atom is 0.113 e. The topological polar surface area (TPSA) is 21.3 Å². The molecule has 1 saturated heterocycles. The van der Waals surface area contributed by atoms with Crippen molar-refractivity contribution in [1.29, 1.82) is 0 Å². The Morgan fingerprint density at radius 1 is 1.60 bits per heavy atom. The fraction of sp³-hybridized carbons (Fsp3) is 1.00. The lowest BCUT2D eigenvalue weighted by molar-refractivity contribution is -0.120. The van der Waals surface area contributed by atoms with Crippen LogP contribution in [0.25, 0.3) is 0 Å². The molecule has 60 valence electrons. The maximum absolute atomic E-state index is 5.71. The fourth-order valence-electron chi connectivity index (χ4n) is 1.34. The Hall–Kier alpha value is -0.0800. The number of hydrogen-bond donors (Lipinski definition) is 1. The van der Waals surface area contributed by atoms with Crippen LogP contribution >= 0.6 is 0 Å². The van der Waals surface area contributed by atoms with E-state index in [-0.39, 0.29) is 5.72 Å².